The van der Waals surface area contributed by atoms with E-state index >= 15 is 0 Å². The van der Waals surface area contributed by atoms with Crippen LogP contribution < -0.4 is 5.32 Å². The molecule has 1 fully saturated rings. The average Bonchev–Trinajstić information content (AvgIpc) is 1.88. The minimum Gasteiger partial charge on any atom is -0.378 e. The van der Waals surface area contributed by atoms with E-state index in [1.54, 1.807) is 0 Å². The van der Waals surface area contributed by atoms with Gasteiger partial charge in [-0.3, -0.25) is 0 Å². The number of piperidine rings is 1. The van der Waals surface area contributed by atoms with Gasteiger partial charge in [0.1, 0.15) is 0 Å². The van der Waals surface area contributed by atoms with Gasteiger partial charge in [-0.25, -0.2) is 0 Å². The number of ether oxygens (including phenoxy) is 1. The summed E-state index contributed by atoms with van der Waals surface area (Å²) in [5.41, 5.74) is 0. The summed E-state index contributed by atoms with van der Waals surface area (Å²) >= 11 is 0. The predicted molar refractivity (Wildman–Crippen MR) is 49.4 cm³/mol. The van der Waals surface area contributed by atoms with E-state index in [1.807, 2.05) is 0 Å². The van der Waals surface area contributed by atoms with Crippen LogP contribution in [0.3, 0.4) is 0 Å². The molecule has 0 spiro atoms. The van der Waals surface area contributed by atoms with E-state index in [-0.39, 0.29) is 12.4 Å². The average molecular weight is 180 g/mol. The molecule has 68 valence electrons. The summed E-state index contributed by atoms with van der Waals surface area (Å²) in [7, 11) is 0. The van der Waals surface area contributed by atoms with E-state index in [0.717, 1.165) is 13.2 Å². The molecule has 2 atom stereocenters. The van der Waals surface area contributed by atoms with E-state index in [2.05, 4.69) is 19.2 Å². The molecule has 11 heavy (non-hydrogen) atoms. The van der Waals surface area contributed by atoms with Crippen molar-refractivity contribution >= 4 is 12.4 Å². The smallest absolute Gasteiger partial charge is 0.0601 e. The van der Waals surface area contributed by atoms with Crippen LogP contribution in [0.2, 0.25) is 0 Å². The van der Waals surface area contributed by atoms with Crippen molar-refractivity contribution in [3.05, 3.63) is 0 Å². The zero-order chi connectivity index (χ0) is 7.40. The Hall–Kier alpha value is 0.210. The summed E-state index contributed by atoms with van der Waals surface area (Å²) in [6.07, 6.45) is 2.87. The lowest BCUT2D eigenvalue weighted by Gasteiger charge is -2.27. The molecule has 1 saturated heterocycles. The van der Waals surface area contributed by atoms with Crippen molar-refractivity contribution in [1.29, 1.82) is 0 Å². The zero-order valence-electron chi connectivity index (χ0n) is 7.30. The molecule has 1 N–H and O–H groups in total. The van der Waals surface area contributed by atoms with Gasteiger partial charge in [-0.05, 0) is 33.2 Å². The molecule has 0 aromatic heterocycles. The second-order valence-electron chi connectivity index (χ2n) is 2.96. The third-order valence-corrected chi connectivity index (χ3v) is 1.98. The summed E-state index contributed by atoms with van der Waals surface area (Å²) in [6, 6.07) is 0.644. The molecule has 3 heteroatoms. The Morgan fingerprint density at radius 3 is 2.82 bits per heavy atom. The highest BCUT2D eigenvalue weighted by atomic mass is 35.5. The first-order valence-corrected chi connectivity index (χ1v) is 4.18. The van der Waals surface area contributed by atoms with Gasteiger partial charge in [-0.15, -0.1) is 12.4 Å². The van der Waals surface area contributed by atoms with Crippen LogP contribution in [0.5, 0.6) is 0 Å². The van der Waals surface area contributed by atoms with E-state index in [9.17, 15) is 0 Å². The number of rotatable bonds is 2. The Balaban J connectivity index is 0.000001000. The van der Waals surface area contributed by atoms with Gasteiger partial charge < -0.3 is 10.1 Å². The van der Waals surface area contributed by atoms with E-state index in [4.69, 9.17) is 4.74 Å². The lowest BCUT2D eigenvalue weighted by atomic mass is 10.0. The molecule has 0 aliphatic carbocycles. The molecule has 1 rings (SSSR count). The van der Waals surface area contributed by atoms with Crippen molar-refractivity contribution < 1.29 is 4.74 Å². The Morgan fingerprint density at radius 2 is 2.27 bits per heavy atom. The fourth-order valence-corrected chi connectivity index (χ4v) is 1.47. The first-order chi connectivity index (χ1) is 4.83. The van der Waals surface area contributed by atoms with Gasteiger partial charge in [-0.1, -0.05) is 0 Å². The fraction of sp³-hybridized carbons (Fsp3) is 1.00. The van der Waals surface area contributed by atoms with Crippen LogP contribution >= 0.6 is 12.4 Å². The molecule has 0 unspecified atom stereocenters. The van der Waals surface area contributed by atoms with Crippen LogP contribution in [0.25, 0.3) is 0 Å². The minimum atomic E-state index is 0. The zero-order valence-corrected chi connectivity index (χ0v) is 8.12. The summed E-state index contributed by atoms with van der Waals surface area (Å²) in [6.45, 7) is 6.25. The second-order valence-corrected chi connectivity index (χ2v) is 2.96. The summed E-state index contributed by atoms with van der Waals surface area (Å²) < 4.78 is 5.51. The number of hydrogen-bond donors (Lipinski definition) is 1. The monoisotopic (exact) mass is 179 g/mol. The normalized spacial score (nSPS) is 31.1. The SMILES string of the molecule is CCO[C@@H]1CCN[C@H](C)C1.Cl. The lowest BCUT2D eigenvalue weighted by Crippen LogP contribution is -2.39. The van der Waals surface area contributed by atoms with Crippen molar-refractivity contribution in [3.8, 4) is 0 Å². The maximum atomic E-state index is 5.51. The number of hydrogen-bond acceptors (Lipinski definition) is 2. The van der Waals surface area contributed by atoms with Gasteiger partial charge in [0.2, 0.25) is 0 Å². The highest BCUT2D eigenvalue weighted by Gasteiger charge is 2.17. The first kappa shape index (κ1) is 11.2. The molecular formula is C8H18ClNO. The summed E-state index contributed by atoms with van der Waals surface area (Å²) in [5.74, 6) is 0. The summed E-state index contributed by atoms with van der Waals surface area (Å²) in [4.78, 5) is 0. The Kier molecular flexibility index (Phi) is 5.92. The maximum Gasteiger partial charge on any atom is 0.0601 e. The van der Waals surface area contributed by atoms with Crippen molar-refractivity contribution in [2.45, 2.75) is 38.8 Å². The molecule has 0 aromatic rings. The standard InChI is InChI=1S/C8H17NO.ClH/c1-3-10-8-4-5-9-7(2)6-8;/h7-9H,3-6H2,1-2H3;1H/t7-,8-;/m1./s1. The third kappa shape index (κ3) is 3.94. The van der Waals surface area contributed by atoms with Crippen LogP contribution in [0.4, 0.5) is 0 Å². The summed E-state index contributed by atoms with van der Waals surface area (Å²) in [5, 5.41) is 3.39. The van der Waals surface area contributed by atoms with E-state index in [0.29, 0.717) is 12.1 Å². The molecule has 0 saturated carbocycles. The molecule has 1 aliphatic heterocycles. The van der Waals surface area contributed by atoms with Crippen LogP contribution in [0, 0.1) is 0 Å². The molecule has 2 nitrogen and oxygen atoms in total. The molecule has 1 aliphatic rings. The van der Waals surface area contributed by atoms with Gasteiger partial charge >= 0.3 is 0 Å². The van der Waals surface area contributed by atoms with Crippen molar-refractivity contribution in [3.63, 3.8) is 0 Å². The van der Waals surface area contributed by atoms with Crippen LogP contribution in [0.1, 0.15) is 26.7 Å². The lowest BCUT2D eigenvalue weighted by molar-refractivity contribution is 0.0320. The second kappa shape index (κ2) is 5.81. The molecular weight excluding hydrogens is 162 g/mol. The van der Waals surface area contributed by atoms with E-state index in [1.165, 1.54) is 12.8 Å². The molecule has 1 heterocycles. The molecule has 0 bridgehead atoms. The highest BCUT2D eigenvalue weighted by Crippen LogP contribution is 2.11. The van der Waals surface area contributed by atoms with Gasteiger partial charge in [0.25, 0.3) is 0 Å². The maximum absolute atomic E-state index is 5.51. The van der Waals surface area contributed by atoms with Crippen LogP contribution in [-0.2, 0) is 4.74 Å². The van der Waals surface area contributed by atoms with Gasteiger partial charge in [0, 0.05) is 12.6 Å². The first-order valence-electron chi connectivity index (χ1n) is 4.18. The van der Waals surface area contributed by atoms with Gasteiger partial charge in [-0.2, -0.15) is 0 Å². The Labute approximate surface area is 75.1 Å². The largest absolute Gasteiger partial charge is 0.378 e. The molecule has 0 amide bonds. The van der Waals surface area contributed by atoms with Crippen molar-refractivity contribution in [1.82, 2.24) is 5.32 Å². The Bertz CT molecular complexity index is 98.1. The van der Waals surface area contributed by atoms with Gasteiger partial charge in [0.05, 0.1) is 6.10 Å². The highest BCUT2D eigenvalue weighted by molar-refractivity contribution is 5.85. The fourth-order valence-electron chi connectivity index (χ4n) is 1.47. The number of nitrogens with one attached hydrogen (secondary N) is 1. The van der Waals surface area contributed by atoms with Gasteiger partial charge in [0.15, 0.2) is 0 Å². The van der Waals surface area contributed by atoms with Crippen molar-refractivity contribution in [2.24, 2.45) is 0 Å². The molecule has 0 radical (unpaired) electrons. The van der Waals surface area contributed by atoms with Crippen LogP contribution in [-0.4, -0.2) is 25.3 Å². The third-order valence-electron chi connectivity index (χ3n) is 1.98. The topological polar surface area (TPSA) is 21.3 Å². The Morgan fingerprint density at radius 1 is 1.55 bits per heavy atom. The molecule has 0 aromatic carbocycles. The minimum absolute atomic E-state index is 0. The quantitative estimate of drug-likeness (QED) is 0.695. The van der Waals surface area contributed by atoms with E-state index < -0.39 is 0 Å². The van der Waals surface area contributed by atoms with Crippen molar-refractivity contribution in [2.75, 3.05) is 13.2 Å². The number of halogens is 1. The predicted octanol–water partition coefficient (Wildman–Crippen LogP) is 1.59. The van der Waals surface area contributed by atoms with Crippen LogP contribution in [0.15, 0.2) is 0 Å².